The number of hydrogen-bond acceptors (Lipinski definition) is 3. The molecule has 3 aromatic rings. The fourth-order valence-electron chi connectivity index (χ4n) is 2.00. The third-order valence-corrected chi connectivity index (χ3v) is 2.87. The van der Waals surface area contributed by atoms with E-state index < -0.39 is 0 Å². The van der Waals surface area contributed by atoms with Crippen molar-refractivity contribution in [3.05, 3.63) is 60.0 Å². The van der Waals surface area contributed by atoms with Crippen LogP contribution in [0, 0.1) is 6.92 Å². The Labute approximate surface area is 105 Å². The van der Waals surface area contributed by atoms with Gasteiger partial charge in [0.15, 0.2) is 5.82 Å². The number of aromatic nitrogens is 3. The molecular formula is C14H14N4. The van der Waals surface area contributed by atoms with Gasteiger partial charge in [0.05, 0.1) is 6.20 Å². The Kier molecular flexibility index (Phi) is 2.68. The Balaban J connectivity index is 1.83. The highest BCUT2D eigenvalue weighted by Gasteiger charge is 2.02. The van der Waals surface area contributed by atoms with Gasteiger partial charge >= 0.3 is 0 Å². The summed E-state index contributed by atoms with van der Waals surface area (Å²) < 4.78 is 1.81. The van der Waals surface area contributed by atoms with E-state index in [1.165, 1.54) is 11.1 Å². The number of fused-ring (bicyclic) bond motifs is 1. The van der Waals surface area contributed by atoms with Gasteiger partial charge in [-0.1, -0.05) is 29.8 Å². The van der Waals surface area contributed by atoms with E-state index in [4.69, 9.17) is 0 Å². The molecule has 0 aliphatic rings. The first-order valence-corrected chi connectivity index (χ1v) is 5.91. The van der Waals surface area contributed by atoms with Crippen LogP contribution in [-0.2, 0) is 6.54 Å². The van der Waals surface area contributed by atoms with Crippen molar-refractivity contribution in [1.82, 2.24) is 14.6 Å². The van der Waals surface area contributed by atoms with Gasteiger partial charge in [-0.25, -0.2) is 9.50 Å². The molecule has 2 aromatic heterocycles. The van der Waals surface area contributed by atoms with Gasteiger partial charge in [0.2, 0.25) is 0 Å². The van der Waals surface area contributed by atoms with Gasteiger partial charge in [0.1, 0.15) is 5.52 Å². The minimum atomic E-state index is 0.763. The van der Waals surface area contributed by atoms with Gasteiger partial charge in [0, 0.05) is 18.9 Å². The summed E-state index contributed by atoms with van der Waals surface area (Å²) in [5.74, 6) is 0.858. The molecule has 0 amide bonds. The molecule has 0 fully saturated rings. The smallest absolute Gasteiger partial charge is 0.152 e. The largest absolute Gasteiger partial charge is 0.364 e. The third kappa shape index (κ3) is 2.05. The van der Waals surface area contributed by atoms with Crippen LogP contribution in [-0.4, -0.2) is 14.6 Å². The lowest BCUT2D eigenvalue weighted by atomic mass is 10.1. The summed E-state index contributed by atoms with van der Waals surface area (Å²) in [6.07, 6.45) is 5.36. The molecule has 4 nitrogen and oxygen atoms in total. The summed E-state index contributed by atoms with van der Waals surface area (Å²) in [4.78, 5) is 4.34. The van der Waals surface area contributed by atoms with Gasteiger partial charge in [0.25, 0.3) is 0 Å². The molecule has 0 atom stereocenters. The van der Waals surface area contributed by atoms with Crippen LogP contribution in [0.25, 0.3) is 5.52 Å². The van der Waals surface area contributed by atoms with Gasteiger partial charge < -0.3 is 5.32 Å². The Morgan fingerprint density at radius 2 is 2.17 bits per heavy atom. The highest BCUT2D eigenvalue weighted by Crippen LogP contribution is 2.14. The van der Waals surface area contributed by atoms with Crippen molar-refractivity contribution in [2.45, 2.75) is 13.5 Å². The number of anilines is 1. The predicted molar refractivity (Wildman–Crippen MR) is 71.5 cm³/mol. The number of aryl methyl sites for hydroxylation is 1. The van der Waals surface area contributed by atoms with Crippen LogP contribution in [0.4, 0.5) is 5.82 Å². The second-order valence-electron chi connectivity index (χ2n) is 4.28. The van der Waals surface area contributed by atoms with Crippen molar-refractivity contribution in [3.8, 4) is 0 Å². The van der Waals surface area contributed by atoms with Crippen molar-refractivity contribution in [2.75, 3.05) is 5.32 Å². The van der Waals surface area contributed by atoms with Crippen molar-refractivity contribution >= 4 is 11.3 Å². The average Bonchev–Trinajstić information content (AvgIpc) is 2.85. The van der Waals surface area contributed by atoms with Gasteiger partial charge in [-0.05, 0) is 18.6 Å². The van der Waals surface area contributed by atoms with E-state index in [2.05, 4.69) is 46.6 Å². The fourth-order valence-corrected chi connectivity index (χ4v) is 2.00. The summed E-state index contributed by atoms with van der Waals surface area (Å²) in [5, 5.41) is 7.53. The number of nitrogens with zero attached hydrogens (tertiary/aromatic N) is 3. The zero-order valence-corrected chi connectivity index (χ0v) is 10.2. The molecule has 3 rings (SSSR count). The Morgan fingerprint density at radius 1 is 1.22 bits per heavy atom. The molecule has 0 bridgehead atoms. The summed E-state index contributed by atoms with van der Waals surface area (Å²) in [7, 11) is 0. The normalized spacial score (nSPS) is 10.7. The summed E-state index contributed by atoms with van der Waals surface area (Å²) >= 11 is 0. The maximum atomic E-state index is 4.34. The Morgan fingerprint density at radius 3 is 3.06 bits per heavy atom. The molecule has 0 radical (unpaired) electrons. The van der Waals surface area contributed by atoms with Crippen molar-refractivity contribution < 1.29 is 0 Å². The quantitative estimate of drug-likeness (QED) is 0.762. The minimum absolute atomic E-state index is 0.763. The van der Waals surface area contributed by atoms with E-state index in [9.17, 15) is 0 Å². The predicted octanol–water partition coefficient (Wildman–Crippen LogP) is 2.65. The average molecular weight is 238 g/mol. The molecule has 2 heterocycles. The monoisotopic (exact) mass is 238 g/mol. The summed E-state index contributed by atoms with van der Waals surface area (Å²) in [5.41, 5.74) is 3.51. The van der Waals surface area contributed by atoms with E-state index in [-0.39, 0.29) is 0 Å². The molecule has 0 saturated heterocycles. The molecule has 1 N–H and O–H groups in total. The first kappa shape index (κ1) is 10.8. The van der Waals surface area contributed by atoms with Crippen LogP contribution in [0.3, 0.4) is 0 Å². The van der Waals surface area contributed by atoms with Crippen LogP contribution >= 0.6 is 0 Å². The van der Waals surface area contributed by atoms with Gasteiger partial charge in [-0.2, -0.15) is 5.10 Å². The molecule has 0 saturated carbocycles. The lowest BCUT2D eigenvalue weighted by Gasteiger charge is -2.07. The first-order chi connectivity index (χ1) is 8.83. The molecular weight excluding hydrogens is 224 g/mol. The number of hydrogen-bond donors (Lipinski definition) is 1. The van der Waals surface area contributed by atoms with Crippen molar-refractivity contribution in [1.29, 1.82) is 0 Å². The highest BCUT2D eigenvalue weighted by molar-refractivity contribution is 5.66. The van der Waals surface area contributed by atoms with Crippen LogP contribution in [0.5, 0.6) is 0 Å². The molecule has 0 unspecified atom stereocenters. The summed E-state index contributed by atoms with van der Waals surface area (Å²) in [6, 6.07) is 10.4. The second kappa shape index (κ2) is 4.49. The van der Waals surface area contributed by atoms with E-state index in [1.807, 2.05) is 16.8 Å². The molecule has 4 heteroatoms. The summed E-state index contributed by atoms with van der Waals surface area (Å²) in [6.45, 7) is 2.86. The number of rotatable bonds is 3. The topological polar surface area (TPSA) is 42.2 Å². The lowest BCUT2D eigenvalue weighted by Crippen LogP contribution is -2.03. The van der Waals surface area contributed by atoms with Crippen LogP contribution in [0.1, 0.15) is 11.1 Å². The number of benzene rings is 1. The zero-order valence-electron chi connectivity index (χ0n) is 10.2. The van der Waals surface area contributed by atoms with Gasteiger partial charge in [-0.15, -0.1) is 0 Å². The fraction of sp³-hybridized carbons (Fsp3) is 0.143. The molecule has 90 valence electrons. The van der Waals surface area contributed by atoms with Gasteiger partial charge in [-0.3, -0.25) is 0 Å². The standard InChI is InChI=1S/C14H14N4/c1-11-3-2-4-12(9-11)10-16-14-13-5-6-17-18(13)8-7-15-14/h2-9H,10H2,1H3,(H,15,16). The maximum Gasteiger partial charge on any atom is 0.152 e. The van der Waals surface area contributed by atoms with E-state index in [0.29, 0.717) is 0 Å². The molecule has 0 aliphatic carbocycles. The molecule has 1 aromatic carbocycles. The lowest BCUT2D eigenvalue weighted by molar-refractivity contribution is 0.942. The SMILES string of the molecule is Cc1cccc(CNc2nccn3nccc23)c1. The molecule has 0 spiro atoms. The van der Waals surface area contributed by atoms with E-state index in [0.717, 1.165) is 17.9 Å². The van der Waals surface area contributed by atoms with Crippen LogP contribution < -0.4 is 5.32 Å². The van der Waals surface area contributed by atoms with E-state index >= 15 is 0 Å². The van der Waals surface area contributed by atoms with Crippen LogP contribution in [0.15, 0.2) is 48.9 Å². The highest BCUT2D eigenvalue weighted by atomic mass is 15.2. The van der Waals surface area contributed by atoms with Crippen molar-refractivity contribution in [3.63, 3.8) is 0 Å². The first-order valence-electron chi connectivity index (χ1n) is 5.91. The second-order valence-corrected chi connectivity index (χ2v) is 4.28. The van der Waals surface area contributed by atoms with E-state index in [1.54, 1.807) is 12.4 Å². The number of nitrogens with one attached hydrogen (secondary N) is 1. The zero-order chi connectivity index (χ0) is 12.4. The third-order valence-electron chi connectivity index (χ3n) is 2.87. The Bertz CT molecular complexity index is 672. The Hall–Kier alpha value is -2.36. The van der Waals surface area contributed by atoms with Crippen molar-refractivity contribution in [2.24, 2.45) is 0 Å². The molecule has 0 aliphatic heterocycles. The van der Waals surface area contributed by atoms with Crippen LogP contribution in [0.2, 0.25) is 0 Å². The minimum Gasteiger partial charge on any atom is -0.364 e. The molecule has 18 heavy (non-hydrogen) atoms. The maximum absolute atomic E-state index is 4.34.